The van der Waals surface area contributed by atoms with Gasteiger partial charge in [0.15, 0.2) is 0 Å². The van der Waals surface area contributed by atoms with Gasteiger partial charge in [0.05, 0.1) is 6.04 Å². The molecule has 134 valence electrons. The zero-order chi connectivity index (χ0) is 17.5. The lowest BCUT2D eigenvalue weighted by Gasteiger charge is -2.33. The van der Waals surface area contributed by atoms with Gasteiger partial charge in [-0.1, -0.05) is 44.5 Å². The van der Waals surface area contributed by atoms with Gasteiger partial charge in [-0.2, -0.15) is 0 Å². The third-order valence-electron chi connectivity index (χ3n) is 4.95. The van der Waals surface area contributed by atoms with Gasteiger partial charge in [-0.05, 0) is 49.8 Å². The standard InChI is InChI=1S/C20H33N3O/c1-15(2)12-19(21)20(24)22-13-17-9-4-5-10-18(17)14-23-11-7-6-8-16(23)3/h4-5,9-10,15-16,19H,6-8,11-14,21H2,1-3H3,(H,22,24)/t16?,19-/m0/s1. The Bertz CT molecular complexity index is 529. The van der Waals surface area contributed by atoms with Gasteiger partial charge in [-0.3, -0.25) is 9.69 Å². The summed E-state index contributed by atoms with van der Waals surface area (Å²) in [5.74, 6) is 0.378. The normalized spacial score (nSPS) is 20.1. The number of likely N-dealkylation sites (tertiary alicyclic amines) is 1. The number of nitrogens with zero attached hydrogens (tertiary/aromatic N) is 1. The molecular weight excluding hydrogens is 298 g/mol. The first-order chi connectivity index (χ1) is 11.5. The highest BCUT2D eigenvalue weighted by Gasteiger charge is 2.19. The van der Waals surface area contributed by atoms with Crippen LogP contribution in [-0.4, -0.2) is 29.4 Å². The van der Waals surface area contributed by atoms with Crippen LogP contribution in [0.5, 0.6) is 0 Å². The fraction of sp³-hybridized carbons (Fsp3) is 0.650. The number of hydrogen-bond donors (Lipinski definition) is 2. The van der Waals surface area contributed by atoms with Gasteiger partial charge >= 0.3 is 0 Å². The van der Waals surface area contributed by atoms with Gasteiger partial charge < -0.3 is 11.1 Å². The summed E-state index contributed by atoms with van der Waals surface area (Å²) in [6, 6.07) is 8.63. The molecule has 0 aliphatic carbocycles. The number of nitrogens with two attached hydrogens (primary N) is 1. The zero-order valence-electron chi connectivity index (χ0n) is 15.4. The Morgan fingerprint density at radius 3 is 2.67 bits per heavy atom. The number of benzene rings is 1. The Hall–Kier alpha value is -1.39. The van der Waals surface area contributed by atoms with E-state index in [0.29, 0.717) is 18.5 Å². The number of carbonyl (C=O) groups is 1. The average molecular weight is 332 g/mol. The summed E-state index contributed by atoms with van der Waals surface area (Å²) in [6.07, 6.45) is 4.62. The van der Waals surface area contributed by atoms with Crippen LogP contribution in [-0.2, 0) is 17.9 Å². The molecular formula is C20H33N3O. The van der Waals surface area contributed by atoms with Crippen molar-refractivity contribution >= 4 is 5.91 Å². The predicted octanol–water partition coefficient (Wildman–Crippen LogP) is 3.05. The van der Waals surface area contributed by atoms with E-state index in [4.69, 9.17) is 5.73 Å². The average Bonchev–Trinajstić information content (AvgIpc) is 2.55. The van der Waals surface area contributed by atoms with Gasteiger partial charge in [-0.15, -0.1) is 0 Å². The fourth-order valence-electron chi connectivity index (χ4n) is 3.42. The fourth-order valence-corrected chi connectivity index (χ4v) is 3.42. The van der Waals surface area contributed by atoms with Crippen molar-refractivity contribution in [2.45, 2.75) is 71.6 Å². The minimum atomic E-state index is -0.417. The van der Waals surface area contributed by atoms with Crippen molar-refractivity contribution < 1.29 is 4.79 Å². The zero-order valence-corrected chi connectivity index (χ0v) is 15.4. The van der Waals surface area contributed by atoms with Crippen LogP contribution in [0.4, 0.5) is 0 Å². The predicted molar refractivity (Wildman–Crippen MR) is 99.4 cm³/mol. The number of nitrogens with one attached hydrogen (secondary N) is 1. The van der Waals surface area contributed by atoms with E-state index in [1.165, 1.54) is 36.9 Å². The van der Waals surface area contributed by atoms with Crippen LogP contribution < -0.4 is 11.1 Å². The van der Waals surface area contributed by atoms with Crippen molar-refractivity contribution in [1.29, 1.82) is 0 Å². The topological polar surface area (TPSA) is 58.4 Å². The van der Waals surface area contributed by atoms with Gasteiger partial charge in [0.2, 0.25) is 5.91 Å². The quantitative estimate of drug-likeness (QED) is 0.807. The van der Waals surface area contributed by atoms with Crippen LogP contribution in [0, 0.1) is 5.92 Å². The van der Waals surface area contributed by atoms with E-state index in [-0.39, 0.29) is 5.91 Å². The van der Waals surface area contributed by atoms with Crippen molar-refractivity contribution in [2.24, 2.45) is 11.7 Å². The van der Waals surface area contributed by atoms with E-state index >= 15 is 0 Å². The first-order valence-electron chi connectivity index (χ1n) is 9.31. The van der Waals surface area contributed by atoms with Crippen molar-refractivity contribution in [3.63, 3.8) is 0 Å². The van der Waals surface area contributed by atoms with Crippen molar-refractivity contribution in [2.75, 3.05) is 6.54 Å². The Balaban J connectivity index is 1.94. The maximum atomic E-state index is 12.2. The molecule has 0 aromatic heterocycles. The number of rotatable bonds is 7. The van der Waals surface area contributed by atoms with Crippen LogP contribution in [0.25, 0.3) is 0 Å². The van der Waals surface area contributed by atoms with E-state index in [9.17, 15) is 4.79 Å². The second kappa shape index (κ2) is 9.19. The monoisotopic (exact) mass is 331 g/mol. The SMILES string of the molecule is CC(C)C[C@H](N)C(=O)NCc1ccccc1CN1CCCCC1C. The minimum Gasteiger partial charge on any atom is -0.351 e. The summed E-state index contributed by atoms with van der Waals surface area (Å²) in [5, 5.41) is 3.01. The largest absolute Gasteiger partial charge is 0.351 e. The molecule has 0 saturated carbocycles. The van der Waals surface area contributed by atoms with E-state index < -0.39 is 6.04 Å². The molecule has 1 fully saturated rings. The summed E-state index contributed by atoms with van der Waals surface area (Å²) in [6.45, 7) is 9.17. The molecule has 2 atom stereocenters. The number of carbonyl (C=O) groups excluding carboxylic acids is 1. The van der Waals surface area contributed by atoms with Crippen LogP contribution in [0.2, 0.25) is 0 Å². The molecule has 2 rings (SSSR count). The van der Waals surface area contributed by atoms with Crippen LogP contribution in [0.3, 0.4) is 0 Å². The maximum Gasteiger partial charge on any atom is 0.237 e. The number of piperidine rings is 1. The molecule has 3 N–H and O–H groups in total. The Labute approximate surface area is 146 Å². The Morgan fingerprint density at radius 2 is 2.00 bits per heavy atom. The minimum absolute atomic E-state index is 0.0511. The number of amides is 1. The van der Waals surface area contributed by atoms with Gasteiger partial charge in [-0.25, -0.2) is 0 Å². The molecule has 24 heavy (non-hydrogen) atoms. The van der Waals surface area contributed by atoms with Crippen LogP contribution in [0.15, 0.2) is 24.3 Å². The lowest BCUT2D eigenvalue weighted by Crippen LogP contribution is -2.41. The van der Waals surface area contributed by atoms with Gasteiger partial charge in [0.25, 0.3) is 0 Å². The summed E-state index contributed by atoms with van der Waals surface area (Å²) in [4.78, 5) is 14.7. The van der Waals surface area contributed by atoms with Gasteiger partial charge in [0, 0.05) is 19.1 Å². The van der Waals surface area contributed by atoms with E-state index in [1.54, 1.807) is 0 Å². The number of hydrogen-bond acceptors (Lipinski definition) is 3. The summed E-state index contributed by atoms with van der Waals surface area (Å²) >= 11 is 0. The van der Waals surface area contributed by atoms with Crippen LogP contribution in [0.1, 0.15) is 57.6 Å². The molecule has 1 saturated heterocycles. The van der Waals surface area contributed by atoms with E-state index in [2.05, 4.69) is 49.2 Å². The molecule has 1 aliphatic heterocycles. The molecule has 0 spiro atoms. The summed E-state index contributed by atoms with van der Waals surface area (Å²) < 4.78 is 0. The highest BCUT2D eigenvalue weighted by atomic mass is 16.2. The molecule has 4 heteroatoms. The molecule has 1 unspecified atom stereocenters. The second-order valence-electron chi connectivity index (χ2n) is 7.54. The second-order valence-corrected chi connectivity index (χ2v) is 7.54. The van der Waals surface area contributed by atoms with Crippen molar-refractivity contribution in [1.82, 2.24) is 10.2 Å². The maximum absolute atomic E-state index is 12.2. The molecule has 1 aromatic rings. The highest BCUT2D eigenvalue weighted by Crippen LogP contribution is 2.20. The smallest absolute Gasteiger partial charge is 0.237 e. The third kappa shape index (κ3) is 5.60. The summed E-state index contributed by atoms with van der Waals surface area (Å²) in [5.41, 5.74) is 8.47. The summed E-state index contributed by atoms with van der Waals surface area (Å²) in [7, 11) is 0. The van der Waals surface area contributed by atoms with Gasteiger partial charge in [0.1, 0.15) is 0 Å². The molecule has 4 nitrogen and oxygen atoms in total. The van der Waals surface area contributed by atoms with Crippen molar-refractivity contribution in [3.05, 3.63) is 35.4 Å². The molecule has 1 aliphatic rings. The lowest BCUT2D eigenvalue weighted by atomic mass is 10.0. The Kier molecular flexibility index (Phi) is 7.25. The molecule has 1 amide bonds. The van der Waals surface area contributed by atoms with Crippen molar-refractivity contribution in [3.8, 4) is 0 Å². The lowest BCUT2D eigenvalue weighted by molar-refractivity contribution is -0.122. The first-order valence-corrected chi connectivity index (χ1v) is 9.31. The molecule has 1 aromatic carbocycles. The first kappa shape index (κ1) is 18.9. The molecule has 0 radical (unpaired) electrons. The third-order valence-corrected chi connectivity index (χ3v) is 4.95. The van der Waals surface area contributed by atoms with E-state index in [0.717, 1.165) is 13.0 Å². The highest BCUT2D eigenvalue weighted by molar-refractivity contribution is 5.81. The van der Waals surface area contributed by atoms with Crippen LogP contribution >= 0.6 is 0 Å². The molecule has 0 bridgehead atoms. The molecule has 1 heterocycles. The van der Waals surface area contributed by atoms with E-state index in [1.807, 2.05) is 6.07 Å². The Morgan fingerprint density at radius 1 is 1.29 bits per heavy atom.